The van der Waals surface area contributed by atoms with Gasteiger partial charge < -0.3 is 18.6 Å². The second-order valence-electron chi connectivity index (χ2n) is 7.42. The van der Waals surface area contributed by atoms with Crippen LogP contribution in [0.1, 0.15) is 12.8 Å². The number of nitrogens with one attached hydrogen (secondary N) is 1. The molecule has 1 fully saturated rings. The molecule has 4 rings (SSSR count). The van der Waals surface area contributed by atoms with E-state index in [-0.39, 0.29) is 23.3 Å². The predicted octanol–water partition coefficient (Wildman–Crippen LogP) is 2.55. The lowest BCUT2D eigenvalue weighted by Crippen LogP contribution is -2.43. The summed E-state index contributed by atoms with van der Waals surface area (Å²) < 4.78 is 48.7. The smallest absolute Gasteiger partial charge is 0.322 e. The van der Waals surface area contributed by atoms with Gasteiger partial charge in [-0.3, -0.25) is 10.1 Å². The first-order chi connectivity index (χ1) is 16.4. The quantitative estimate of drug-likeness (QED) is 0.508. The van der Waals surface area contributed by atoms with E-state index in [1.54, 1.807) is 30.3 Å². The molecule has 1 aromatic heterocycles. The Morgan fingerprint density at radius 1 is 1.03 bits per heavy atom. The summed E-state index contributed by atoms with van der Waals surface area (Å²) in [6, 6.07) is 10.0. The Hall–Kier alpha value is -3.64. The van der Waals surface area contributed by atoms with E-state index in [9.17, 15) is 13.2 Å². The van der Waals surface area contributed by atoms with Gasteiger partial charge in [-0.1, -0.05) is 5.10 Å². The number of hydrogen-bond donors (Lipinski definition) is 1. The Morgan fingerprint density at radius 2 is 1.74 bits per heavy atom. The summed E-state index contributed by atoms with van der Waals surface area (Å²) in [5.74, 6) is 1.14. The molecular formula is C22H24N4O7S. The molecule has 12 heteroatoms. The largest absolute Gasteiger partial charge is 0.497 e. The van der Waals surface area contributed by atoms with Gasteiger partial charge >= 0.3 is 6.01 Å². The molecule has 1 saturated heterocycles. The zero-order chi connectivity index (χ0) is 24.3. The first kappa shape index (κ1) is 23.5. The molecule has 1 unspecified atom stereocenters. The Kier molecular flexibility index (Phi) is 6.70. The molecule has 0 spiro atoms. The summed E-state index contributed by atoms with van der Waals surface area (Å²) in [7, 11) is 0.641. The van der Waals surface area contributed by atoms with Crippen molar-refractivity contribution in [2.45, 2.75) is 23.8 Å². The highest BCUT2D eigenvalue weighted by atomic mass is 32.2. The molecule has 2 aromatic carbocycles. The van der Waals surface area contributed by atoms with Crippen LogP contribution in [0.4, 0.5) is 6.01 Å². The van der Waals surface area contributed by atoms with Crippen molar-refractivity contribution in [2.24, 2.45) is 0 Å². The van der Waals surface area contributed by atoms with Crippen LogP contribution in [0, 0.1) is 0 Å². The van der Waals surface area contributed by atoms with Crippen molar-refractivity contribution >= 4 is 21.9 Å². The fraction of sp³-hybridized carbons (Fsp3) is 0.318. The zero-order valence-electron chi connectivity index (χ0n) is 18.8. The first-order valence-electron chi connectivity index (χ1n) is 10.4. The number of sulfonamides is 1. The number of hydrogen-bond acceptors (Lipinski definition) is 9. The molecule has 1 N–H and O–H groups in total. The molecule has 34 heavy (non-hydrogen) atoms. The van der Waals surface area contributed by atoms with Crippen LogP contribution in [0.3, 0.4) is 0 Å². The molecular weight excluding hydrogens is 464 g/mol. The normalized spacial score (nSPS) is 16.3. The number of rotatable bonds is 8. The van der Waals surface area contributed by atoms with Crippen LogP contribution in [0.2, 0.25) is 0 Å². The lowest BCUT2D eigenvalue weighted by atomic mass is 10.2. The third kappa shape index (κ3) is 4.54. The highest BCUT2D eigenvalue weighted by Gasteiger charge is 2.40. The number of carbonyl (C=O) groups is 1. The maximum atomic E-state index is 13.1. The van der Waals surface area contributed by atoms with E-state index in [0.29, 0.717) is 35.7 Å². The Balaban J connectivity index is 1.52. The topological polar surface area (TPSA) is 133 Å². The number of anilines is 1. The molecule has 180 valence electrons. The standard InChI is InChI=1S/C22H24N4O7S/c1-30-14-6-9-16(10-7-14)34(28,29)26-12-4-5-18(26)20(27)23-22-25-24-21(33-22)17-13-15(31-2)8-11-19(17)32-3/h6-11,13,18H,4-5,12H2,1-3H3,(H,23,25,27). The fourth-order valence-corrected chi connectivity index (χ4v) is 5.38. The minimum atomic E-state index is -3.88. The van der Waals surface area contributed by atoms with Crippen molar-refractivity contribution in [1.29, 1.82) is 0 Å². The summed E-state index contributed by atoms with van der Waals surface area (Å²) >= 11 is 0. The maximum absolute atomic E-state index is 13.1. The van der Waals surface area contributed by atoms with Gasteiger partial charge in [-0.05, 0) is 55.3 Å². The minimum Gasteiger partial charge on any atom is -0.497 e. The van der Waals surface area contributed by atoms with Crippen LogP contribution in [-0.4, -0.2) is 62.7 Å². The predicted molar refractivity (Wildman–Crippen MR) is 121 cm³/mol. The second-order valence-corrected chi connectivity index (χ2v) is 9.31. The van der Waals surface area contributed by atoms with Crippen LogP contribution < -0.4 is 19.5 Å². The van der Waals surface area contributed by atoms with Crippen molar-refractivity contribution in [2.75, 3.05) is 33.2 Å². The molecule has 1 atom stereocenters. The van der Waals surface area contributed by atoms with Gasteiger partial charge in [0, 0.05) is 6.54 Å². The molecule has 0 saturated carbocycles. The van der Waals surface area contributed by atoms with Crippen molar-refractivity contribution in [1.82, 2.24) is 14.5 Å². The van der Waals surface area contributed by atoms with Crippen molar-refractivity contribution in [3.05, 3.63) is 42.5 Å². The summed E-state index contributed by atoms with van der Waals surface area (Å²) in [6.07, 6.45) is 0.912. The average molecular weight is 489 g/mol. The molecule has 3 aromatic rings. The third-order valence-electron chi connectivity index (χ3n) is 5.46. The molecule has 11 nitrogen and oxygen atoms in total. The van der Waals surface area contributed by atoms with Gasteiger partial charge in [-0.15, -0.1) is 5.10 Å². The molecule has 1 aliphatic rings. The third-order valence-corrected chi connectivity index (χ3v) is 7.39. The van der Waals surface area contributed by atoms with E-state index in [4.69, 9.17) is 18.6 Å². The monoisotopic (exact) mass is 488 g/mol. The Bertz CT molecular complexity index is 1270. The van der Waals surface area contributed by atoms with E-state index in [1.807, 2.05) is 0 Å². The molecule has 2 heterocycles. The Morgan fingerprint density at radius 3 is 2.41 bits per heavy atom. The van der Waals surface area contributed by atoms with Gasteiger partial charge in [0.25, 0.3) is 5.89 Å². The van der Waals surface area contributed by atoms with E-state index in [2.05, 4.69) is 15.5 Å². The second kappa shape index (κ2) is 9.69. The summed E-state index contributed by atoms with van der Waals surface area (Å²) in [5.41, 5.74) is 0.486. The summed E-state index contributed by atoms with van der Waals surface area (Å²) in [6.45, 7) is 0.225. The zero-order valence-corrected chi connectivity index (χ0v) is 19.7. The SMILES string of the molecule is COc1ccc(S(=O)(=O)N2CCCC2C(=O)Nc2nnc(-c3cc(OC)ccc3OC)o2)cc1. The average Bonchev–Trinajstić information content (AvgIpc) is 3.54. The minimum absolute atomic E-state index is 0.0817. The Labute approximate surface area is 196 Å². The van der Waals surface area contributed by atoms with Crippen molar-refractivity contribution in [3.63, 3.8) is 0 Å². The van der Waals surface area contributed by atoms with Crippen LogP contribution in [-0.2, 0) is 14.8 Å². The van der Waals surface area contributed by atoms with Crippen molar-refractivity contribution < 1.29 is 31.8 Å². The molecule has 1 amide bonds. The van der Waals surface area contributed by atoms with Gasteiger partial charge in [-0.2, -0.15) is 4.31 Å². The van der Waals surface area contributed by atoms with Gasteiger partial charge in [0.15, 0.2) is 0 Å². The molecule has 1 aliphatic heterocycles. The molecule has 0 radical (unpaired) electrons. The lowest BCUT2D eigenvalue weighted by Gasteiger charge is -2.22. The van der Waals surface area contributed by atoms with Crippen LogP contribution in [0.15, 0.2) is 51.8 Å². The first-order valence-corrected chi connectivity index (χ1v) is 11.8. The number of ether oxygens (including phenoxy) is 3. The number of nitrogens with zero attached hydrogens (tertiary/aromatic N) is 3. The van der Waals surface area contributed by atoms with E-state index < -0.39 is 22.0 Å². The van der Waals surface area contributed by atoms with Gasteiger partial charge in [0.05, 0.1) is 31.8 Å². The fourth-order valence-electron chi connectivity index (χ4n) is 3.73. The van der Waals surface area contributed by atoms with Crippen LogP contribution in [0.25, 0.3) is 11.5 Å². The molecule has 0 aliphatic carbocycles. The number of amides is 1. The van der Waals surface area contributed by atoms with E-state index >= 15 is 0 Å². The van der Waals surface area contributed by atoms with Gasteiger partial charge in [0.1, 0.15) is 23.3 Å². The number of benzene rings is 2. The number of methoxy groups -OCH3 is 3. The van der Waals surface area contributed by atoms with Crippen LogP contribution in [0.5, 0.6) is 17.2 Å². The number of carbonyl (C=O) groups excluding carboxylic acids is 1. The van der Waals surface area contributed by atoms with E-state index in [1.165, 1.54) is 37.8 Å². The van der Waals surface area contributed by atoms with Gasteiger partial charge in [0.2, 0.25) is 15.9 Å². The van der Waals surface area contributed by atoms with Crippen LogP contribution >= 0.6 is 0 Å². The maximum Gasteiger partial charge on any atom is 0.322 e. The molecule has 0 bridgehead atoms. The summed E-state index contributed by atoms with van der Waals surface area (Å²) in [4.78, 5) is 13.0. The number of aromatic nitrogens is 2. The summed E-state index contributed by atoms with van der Waals surface area (Å²) in [5, 5.41) is 10.4. The highest BCUT2D eigenvalue weighted by molar-refractivity contribution is 7.89. The van der Waals surface area contributed by atoms with E-state index in [0.717, 1.165) is 0 Å². The highest BCUT2D eigenvalue weighted by Crippen LogP contribution is 2.33. The van der Waals surface area contributed by atoms with Gasteiger partial charge in [-0.25, -0.2) is 8.42 Å². The van der Waals surface area contributed by atoms with Crippen molar-refractivity contribution in [3.8, 4) is 28.7 Å². The lowest BCUT2D eigenvalue weighted by molar-refractivity contribution is -0.119.